The molecule has 5 fully saturated rings. The van der Waals surface area contributed by atoms with Gasteiger partial charge in [0.05, 0.1) is 38.1 Å². The van der Waals surface area contributed by atoms with Crippen molar-refractivity contribution in [3.8, 4) is 0 Å². The molecule has 5 heterocycles. The molecule has 1 amide bonds. The fraction of sp³-hybridized carbons (Fsp3) is 0.825. The predicted molar refractivity (Wildman–Crippen MR) is 208 cm³/mol. The van der Waals surface area contributed by atoms with Crippen molar-refractivity contribution in [2.45, 2.75) is 188 Å². The number of nitrogens with one attached hydrogen (secondary N) is 1. The number of hydrogen-bond donors (Lipinski definition) is 12. The van der Waals surface area contributed by atoms with E-state index >= 15 is 0 Å². The first-order valence-corrected chi connectivity index (χ1v) is 21.1. The van der Waals surface area contributed by atoms with E-state index in [2.05, 4.69) is 5.32 Å². The van der Waals surface area contributed by atoms with E-state index in [9.17, 15) is 61.0 Å². The zero-order valence-corrected chi connectivity index (χ0v) is 35.8. The summed E-state index contributed by atoms with van der Waals surface area (Å²) in [5, 5.41) is 121. The van der Waals surface area contributed by atoms with Crippen LogP contribution in [0.25, 0.3) is 0 Å². The molecule has 5 saturated heterocycles. The third-order valence-corrected chi connectivity index (χ3v) is 12.1. The van der Waals surface area contributed by atoms with Gasteiger partial charge in [0.2, 0.25) is 5.91 Å². The Labute approximate surface area is 368 Å². The summed E-state index contributed by atoms with van der Waals surface area (Å²) in [5.41, 5.74) is 0.741. The molecule has 24 heteroatoms. The van der Waals surface area contributed by atoms with Crippen LogP contribution in [0.5, 0.6) is 0 Å². The Balaban J connectivity index is 1.34. The summed E-state index contributed by atoms with van der Waals surface area (Å²) in [6, 6.07) is 7.45. The van der Waals surface area contributed by atoms with E-state index in [1.807, 2.05) is 6.07 Å². The lowest BCUT2D eigenvalue weighted by Gasteiger charge is -2.51. The van der Waals surface area contributed by atoms with E-state index in [4.69, 9.17) is 52.1 Å². The number of methoxy groups -OCH3 is 1. The summed E-state index contributed by atoms with van der Waals surface area (Å²) < 4.78 is 66.7. The molecule has 1 aromatic carbocycles. The molecule has 24 nitrogen and oxygen atoms in total. The molecule has 5 aliphatic heterocycles. The number of carbonyl (C=O) groups excluding carboxylic acids is 1. The topological polar surface area (TPSA) is 353 Å². The lowest BCUT2D eigenvalue weighted by atomic mass is 9.94. The van der Waals surface area contributed by atoms with E-state index in [1.54, 1.807) is 31.2 Å². The Morgan fingerprint density at radius 2 is 1.03 bits per heavy atom. The summed E-state index contributed by atoms with van der Waals surface area (Å²) in [7, 11) is 1.28. The minimum Gasteiger partial charge on any atom is -0.394 e. The van der Waals surface area contributed by atoms with Gasteiger partial charge in [0, 0.05) is 14.0 Å². The quantitative estimate of drug-likeness (QED) is 0.0779. The van der Waals surface area contributed by atoms with Gasteiger partial charge in [0.25, 0.3) is 0 Å². The van der Waals surface area contributed by atoms with Crippen LogP contribution in [0.2, 0.25) is 0 Å². The van der Waals surface area contributed by atoms with Crippen LogP contribution in [-0.4, -0.2) is 236 Å². The second-order valence-electron chi connectivity index (χ2n) is 16.6. The number of aliphatic hydroxyl groups excluding tert-OH is 11. The van der Waals surface area contributed by atoms with Gasteiger partial charge in [-0.15, -0.1) is 0 Å². The Hall–Kier alpha value is -2.19. The zero-order valence-electron chi connectivity index (χ0n) is 35.8. The summed E-state index contributed by atoms with van der Waals surface area (Å²) >= 11 is 0. The molecule has 0 unspecified atom stereocenters. The van der Waals surface area contributed by atoms with Gasteiger partial charge in [0.15, 0.2) is 31.5 Å². The van der Waals surface area contributed by atoms with Gasteiger partial charge in [-0.2, -0.15) is 0 Å². The molecule has 5 aliphatic rings. The monoisotopic (exact) mass is 925 g/mol. The van der Waals surface area contributed by atoms with Gasteiger partial charge in [-0.25, -0.2) is 0 Å². The van der Waals surface area contributed by atoms with Gasteiger partial charge >= 0.3 is 0 Å². The molecule has 12 N–H and O–H groups in total. The molecule has 0 bridgehead atoms. The van der Waals surface area contributed by atoms with E-state index in [0.717, 1.165) is 12.5 Å². The highest BCUT2D eigenvalue weighted by Gasteiger charge is 2.57. The van der Waals surface area contributed by atoms with E-state index in [0.29, 0.717) is 0 Å². The second-order valence-corrected chi connectivity index (χ2v) is 16.6. The fourth-order valence-electron chi connectivity index (χ4n) is 8.37. The second kappa shape index (κ2) is 22.3. The van der Waals surface area contributed by atoms with Crippen molar-refractivity contribution in [3.63, 3.8) is 0 Å². The molecule has 0 saturated carbocycles. The molecular weight excluding hydrogens is 862 g/mol. The van der Waals surface area contributed by atoms with Gasteiger partial charge in [-0.3, -0.25) is 4.79 Å². The number of ether oxygens (including phenoxy) is 11. The highest BCUT2D eigenvalue weighted by atomic mass is 16.8. The lowest BCUT2D eigenvalue weighted by molar-refractivity contribution is -0.402. The Bertz CT molecular complexity index is 1600. The maximum atomic E-state index is 12.7. The fourth-order valence-corrected chi connectivity index (χ4v) is 8.37. The Kier molecular flexibility index (Phi) is 17.8. The van der Waals surface area contributed by atoms with Gasteiger partial charge < -0.3 is 114 Å². The molecule has 6 rings (SSSR count). The molecule has 64 heavy (non-hydrogen) atoms. The molecule has 0 aliphatic carbocycles. The molecule has 0 aromatic heterocycles. The smallest absolute Gasteiger partial charge is 0.217 e. The largest absolute Gasteiger partial charge is 0.394 e. The van der Waals surface area contributed by atoms with Crippen LogP contribution in [-0.2, 0) is 63.5 Å². The molecule has 366 valence electrons. The zero-order chi connectivity index (χ0) is 46.7. The molecule has 25 atom stereocenters. The van der Waals surface area contributed by atoms with Crippen molar-refractivity contribution in [1.82, 2.24) is 5.32 Å². The first-order valence-electron chi connectivity index (χ1n) is 21.1. The van der Waals surface area contributed by atoms with Crippen LogP contribution < -0.4 is 5.32 Å². The summed E-state index contributed by atoms with van der Waals surface area (Å²) in [5.74, 6) is -0.715. The van der Waals surface area contributed by atoms with E-state index in [1.165, 1.54) is 21.0 Å². The first-order chi connectivity index (χ1) is 30.4. The minimum absolute atomic E-state index is 0.00221. The number of aliphatic hydroxyl groups is 11. The van der Waals surface area contributed by atoms with Gasteiger partial charge in [0.1, 0.15) is 104 Å². The SMILES string of the molecule is CO[C@@H]1O[C@@H](C)[C@H](OCc2ccccc2)[C@@H](O[C@H]2O[C@H](CO)[C@@H](O)[C@H](O)[C@H]2O)[C@H]1O[C@@H]1O[C@@H](C)[C@H](O)[C@@H](O)[C@H]1O[C@@H]1O[C@H](CO)[C@@H](O)[C@H](O[C@@H]2O[C@@H](C)[C@H](O)[C@@H](O)[C@H]2O)[C@H]1NC(C)=O. The number of benzene rings is 1. The summed E-state index contributed by atoms with van der Waals surface area (Å²) in [6.45, 7) is 3.93. The standard InChI is InChI=1S/C40H63NO23/c1-14-22(45)26(49)29(52)37(56-14)61-32-21(41-17(4)44)36(59-20(12-43)25(32)48)62-33-28(51)23(46)15(2)57-40(33)64-35-34(63-38-30(53)27(50)24(47)19(11-42)60-38)31(16(3)58-39(35)54-5)55-13-18-9-7-6-8-10-18/h6-10,14-16,19-40,42-43,45-53H,11-13H2,1-5H3,(H,41,44)/t14-,15-,16-,19+,20+,21+,22-,23-,24+,25+,26+,27-,28+,29+,30+,31-,32+,33+,34+,35+,36-,37-,38+,39+,40-/m0/s1. The van der Waals surface area contributed by atoms with Crippen molar-refractivity contribution in [3.05, 3.63) is 35.9 Å². The molecule has 1 aromatic rings. The summed E-state index contributed by atoms with van der Waals surface area (Å²) in [6.07, 6.45) is -37.5. The summed E-state index contributed by atoms with van der Waals surface area (Å²) in [4.78, 5) is 12.7. The normalized spacial score (nSPS) is 47.8. The minimum atomic E-state index is -1.87. The average molecular weight is 926 g/mol. The van der Waals surface area contributed by atoms with Crippen molar-refractivity contribution in [1.29, 1.82) is 0 Å². The predicted octanol–water partition coefficient (Wildman–Crippen LogP) is -5.82. The number of amides is 1. The van der Waals surface area contributed by atoms with Gasteiger partial charge in [-0.1, -0.05) is 30.3 Å². The van der Waals surface area contributed by atoms with E-state index < -0.39 is 173 Å². The van der Waals surface area contributed by atoms with Crippen molar-refractivity contribution < 1.29 is 113 Å². The highest BCUT2D eigenvalue weighted by Crippen LogP contribution is 2.37. The third kappa shape index (κ3) is 11.1. The lowest BCUT2D eigenvalue weighted by Crippen LogP contribution is -2.70. The van der Waals surface area contributed by atoms with Gasteiger partial charge in [-0.05, 0) is 26.3 Å². The number of carbonyl (C=O) groups is 1. The van der Waals surface area contributed by atoms with Crippen LogP contribution >= 0.6 is 0 Å². The molecule has 0 radical (unpaired) electrons. The van der Waals surface area contributed by atoms with Crippen LogP contribution in [0.1, 0.15) is 33.3 Å². The van der Waals surface area contributed by atoms with E-state index in [-0.39, 0.29) is 6.61 Å². The van der Waals surface area contributed by atoms with Crippen LogP contribution in [0.4, 0.5) is 0 Å². The van der Waals surface area contributed by atoms with Crippen molar-refractivity contribution in [2.75, 3.05) is 20.3 Å². The molecular formula is C40H63NO23. The van der Waals surface area contributed by atoms with Crippen LogP contribution in [0, 0.1) is 0 Å². The maximum absolute atomic E-state index is 12.7. The van der Waals surface area contributed by atoms with Crippen LogP contribution in [0.3, 0.4) is 0 Å². The number of hydrogen-bond acceptors (Lipinski definition) is 23. The molecule has 0 spiro atoms. The third-order valence-electron chi connectivity index (χ3n) is 12.1. The van der Waals surface area contributed by atoms with Crippen molar-refractivity contribution in [2.24, 2.45) is 0 Å². The highest BCUT2D eigenvalue weighted by molar-refractivity contribution is 5.73. The average Bonchev–Trinajstić information content (AvgIpc) is 3.27. The van der Waals surface area contributed by atoms with Crippen LogP contribution in [0.15, 0.2) is 30.3 Å². The Morgan fingerprint density at radius 1 is 0.531 bits per heavy atom. The van der Waals surface area contributed by atoms with Crippen molar-refractivity contribution >= 4 is 5.91 Å². The first kappa shape index (κ1) is 51.2. The maximum Gasteiger partial charge on any atom is 0.217 e. The Morgan fingerprint density at radius 3 is 1.64 bits per heavy atom. The number of rotatable bonds is 15.